The Morgan fingerprint density at radius 2 is 0.573 bits per heavy atom. The first-order valence-electron chi connectivity index (χ1n) is 30.7. The van der Waals surface area contributed by atoms with E-state index in [0.717, 1.165) is 122 Å². The van der Waals surface area contributed by atoms with Crippen LogP contribution in [0.4, 0.5) is 0 Å². The topological polar surface area (TPSA) is 78.9 Å². The predicted molar refractivity (Wildman–Crippen MR) is 325 cm³/mol. The van der Waals surface area contributed by atoms with Crippen LogP contribution < -0.4 is 0 Å². The number of carbonyl (C=O) groups is 3. The fourth-order valence-electron chi connectivity index (χ4n) is 8.17. The highest BCUT2D eigenvalue weighted by Gasteiger charge is 2.19. The fraction of sp³-hybridized carbons (Fsp3) is 0.638. The highest BCUT2D eigenvalue weighted by Crippen LogP contribution is 2.16. The molecule has 0 heterocycles. The Morgan fingerprint density at radius 3 is 0.933 bits per heavy atom. The highest BCUT2D eigenvalue weighted by atomic mass is 16.6. The van der Waals surface area contributed by atoms with Crippen molar-refractivity contribution in [3.63, 3.8) is 0 Å². The number of unbranched alkanes of at least 4 members (excludes halogenated alkanes) is 22. The molecule has 0 radical (unpaired) electrons. The Balaban J connectivity index is 4.51. The van der Waals surface area contributed by atoms with Crippen LogP contribution in [-0.4, -0.2) is 37.2 Å². The number of carbonyl (C=O) groups excluding carboxylic acids is 3. The van der Waals surface area contributed by atoms with Crippen molar-refractivity contribution in [1.82, 2.24) is 0 Å². The van der Waals surface area contributed by atoms with Gasteiger partial charge in [0.25, 0.3) is 0 Å². The maximum atomic E-state index is 12.9. The zero-order valence-electron chi connectivity index (χ0n) is 48.5. The van der Waals surface area contributed by atoms with E-state index in [1.165, 1.54) is 103 Å². The summed E-state index contributed by atoms with van der Waals surface area (Å²) in [6, 6.07) is 0. The van der Waals surface area contributed by atoms with Gasteiger partial charge in [-0.1, -0.05) is 283 Å². The van der Waals surface area contributed by atoms with Crippen LogP contribution in [0.25, 0.3) is 0 Å². The molecular formula is C69H112O6. The average Bonchev–Trinajstić information content (AvgIpc) is 3.41. The Morgan fingerprint density at radius 1 is 0.293 bits per heavy atom. The van der Waals surface area contributed by atoms with Gasteiger partial charge in [0.15, 0.2) is 6.10 Å². The number of rotatable bonds is 54. The summed E-state index contributed by atoms with van der Waals surface area (Å²) in [7, 11) is 0. The summed E-state index contributed by atoms with van der Waals surface area (Å²) in [6.45, 7) is 6.31. The van der Waals surface area contributed by atoms with E-state index >= 15 is 0 Å². The first kappa shape index (κ1) is 70.5. The van der Waals surface area contributed by atoms with Crippen molar-refractivity contribution in [1.29, 1.82) is 0 Å². The predicted octanol–water partition coefficient (Wildman–Crippen LogP) is 21.0. The molecule has 0 saturated carbocycles. The maximum absolute atomic E-state index is 12.9. The zero-order valence-corrected chi connectivity index (χ0v) is 48.5. The van der Waals surface area contributed by atoms with E-state index in [1.807, 2.05) is 6.08 Å². The first-order valence-corrected chi connectivity index (χ1v) is 30.7. The number of hydrogen-bond donors (Lipinski definition) is 0. The van der Waals surface area contributed by atoms with Crippen LogP contribution in [0.2, 0.25) is 0 Å². The quantitative estimate of drug-likeness (QED) is 0.0261. The van der Waals surface area contributed by atoms with Crippen LogP contribution in [0.5, 0.6) is 0 Å². The molecule has 0 fully saturated rings. The second kappa shape index (κ2) is 62.1. The van der Waals surface area contributed by atoms with Crippen LogP contribution in [0.15, 0.2) is 134 Å². The van der Waals surface area contributed by atoms with E-state index in [0.29, 0.717) is 12.8 Å². The van der Waals surface area contributed by atoms with Gasteiger partial charge in [0.1, 0.15) is 13.2 Å². The molecule has 0 rings (SSSR count). The van der Waals surface area contributed by atoms with Crippen LogP contribution >= 0.6 is 0 Å². The minimum atomic E-state index is -0.833. The van der Waals surface area contributed by atoms with Gasteiger partial charge in [0.2, 0.25) is 0 Å². The summed E-state index contributed by atoms with van der Waals surface area (Å²) in [4.78, 5) is 38.2. The lowest BCUT2D eigenvalue weighted by molar-refractivity contribution is -0.166. The van der Waals surface area contributed by atoms with Crippen molar-refractivity contribution in [2.75, 3.05) is 13.2 Å². The van der Waals surface area contributed by atoms with Gasteiger partial charge in [0, 0.05) is 12.8 Å². The van der Waals surface area contributed by atoms with E-state index < -0.39 is 12.1 Å². The summed E-state index contributed by atoms with van der Waals surface area (Å²) in [5, 5.41) is 0. The Kier molecular flexibility index (Phi) is 58.4. The van der Waals surface area contributed by atoms with Crippen molar-refractivity contribution in [2.24, 2.45) is 0 Å². The number of esters is 3. The lowest BCUT2D eigenvalue weighted by Gasteiger charge is -2.18. The smallest absolute Gasteiger partial charge is 0.309 e. The summed E-state index contributed by atoms with van der Waals surface area (Å²) in [6.07, 6.45) is 87.6. The highest BCUT2D eigenvalue weighted by molar-refractivity contribution is 5.72. The molecule has 1 unspecified atom stereocenters. The van der Waals surface area contributed by atoms with Crippen molar-refractivity contribution >= 4 is 17.9 Å². The Labute approximate surface area is 462 Å². The molecule has 0 N–H and O–H groups in total. The molecule has 0 aromatic carbocycles. The minimum absolute atomic E-state index is 0.118. The Hall–Kier alpha value is -4.45. The van der Waals surface area contributed by atoms with Gasteiger partial charge >= 0.3 is 17.9 Å². The monoisotopic (exact) mass is 1040 g/mol. The zero-order chi connectivity index (χ0) is 54.3. The number of ether oxygens (including phenoxy) is 3. The molecule has 0 saturated heterocycles. The van der Waals surface area contributed by atoms with Gasteiger partial charge in [0.05, 0.1) is 6.42 Å². The minimum Gasteiger partial charge on any atom is -0.462 e. The third kappa shape index (κ3) is 60.3. The fourth-order valence-corrected chi connectivity index (χ4v) is 8.17. The van der Waals surface area contributed by atoms with Gasteiger partial charge < -0.3 is 14.2 Å². The summed E-state index contributed by atoms with van der Waals surface area (Å²) in [5.74, 6) is -1.08. The molecule has 75 heavy (non-hydrogen) atoms. The lowest BCUT2D eigenvalue weighted by Crippen LogP contribution is -2.30. The van der Waals surface area contributed by atoms with Crippen molar-refractivity contribution in [2.45, 2.75) is 271 Å². The van der Waals surface area contributed by atoms with Gasteiger partial charge in [-0.3, -0.25) is 14.4 Å². The van der Waals surface area contributed by atoms with Crippen molar-refractivity contribution in [3.8, 4) is 0 Å². The molecule has 0 aromatic rings. The van der Waals surface area contributed by atoms with Gasteiger partial charge in [-0.15, -0.1) is 0 Å². The van der Waals surface area contributed by atoms with E-state index in [-0.39, 0.29) is 31.6 Å². The molecule has 1 atom stereocenters. The normalized spacial score (nSPS) is 13.1. The summed E-state index contributed by atoms with van der Waals surface area (Å²) < 4.78 is 16.8. The molecule has 0 aliphatic heterocycles. The van der Waals surface area contributed by atoms with E-state index in [9.17, 15) is 14.4 Å². The van der Waals surface area contributed by atoms with E-state index in [1.54, 1.807) is 6.08 Å². The molecular weight excluding hydrogens is 925 g/mol. The van der Waals surface area contributed by atoms with Gasteiger partial charge in [-0.05, 0) is 96.3 Å². The van der Waals surface area contributed by atoms with Crippen LogP contribution in [0.3, 0.4) is 0 Å². The SMILES string of the molecule is CC/C=C\C/C=C\C/C=C\C/C=C\C/C=C\C/C=C\CCCCCCC(=O)OCC(COC(=O)C/C=C\C/C=C\C/C=C\C/C=C\C/C=C\CC)OC(=O)CCCCCCCCCCCCCCCCCCCCC. The molecule has 0 amide bonds. The maximum Gasteiger partial charge on any atom is 0.309 e. The van der Waals surface area contributed by atoms with Crippen molar-refractivity contribution in [3.05, 3.63) is 134 Å². The molecule has 0 aliphatic rings. The van der Waals surface area contributed by atoms with Gasteiger partial charge in [-0.25, -0.2) is 0 Å². The third-order valence-corrected chi connectivity index (χ3v) is 12.7. The molecule has 424 valence electrons. The number of allylic oxidation sites excluding steroid dienone is 21. The van der Waals surface area contributed by atoms with Crippen LogP contribution in [0, 0.1) is 0 Å². The van der Waals surface area contributed by atoms with Crippen molar-refractivity contribution < 1.29 is 28.6 Å². The average molecular weight is 1040 g/mol. The van der Waals surface area contributed by atoms with Crippen LogP contribution in [0.1, 0.15) is 265 Å². The Bertz CT molecular complexity index is 1620. The summed E-state index contributed by atoms with van der Waals surface area (Å²) >= 11 is 0. The molecule has 0 aromatic heterocycles. The molecule has 6 nitrogen and oxygen atoms in total. The van der Waals surface area contributed by atoms with E-state index in [2.05, 4.69) is 142 Å². The largest absolute Gasteiger partial charge is 0.462 e. The van der Waals surface area contributed by atoms with Crippen LogP contribution in [-0.2, 0) is 28.6 Å². The number of hydrogen-bond acceptors (Lipinski definition) is 6. The molecule has 0 spiro atoms. The first-order chi connectivity index (χ1) is 37.0. The lowest BCUT2D eigenvalue weighted by atomic mass is 10.0. The molecule has 6 heteroatoms. The standard InChI is InChI=1S/C69H112O6/c1-4-7-10-13-16-19-22-25-28-30-32-33-34-35-37-38-41-44-47-50-53-56-59-62-68(71)74-65-66(64-73-67(70)61-58-55-52-49-46-43-40-27-24-21-18-15-12-9-6-3)75-69(72)63-60-57-54-51-48-45-42-39-36-31-29-26-23-20-17-14-11-8-5-2/h7,9-10,12,16,18-19,21,25,27-28,32-33,35,37,40-41,44,46,49,55,58,66H,4-6,8,11,13-15,17,20,22-24,26,29-31,34,36,38-39,42-43,45,47-48,50-54,56-57,59-65H2,1-3H3/b10-7-,12-9-,19-16-,21-18-,28-25-,33-32-,37-35-,40-27-,44-41-,49-46-,58-55-. The van der Waals surface area contributed by atoms with Gasteiger partial charge in [-0.2, -0.15) is 0 Å². The second-order valence-corrected chi connectivity index (χ2v) is 19.9. The third-order valence-electron chi connectivity index (χ3n) is 12.7. The molecule has 0 aliphatic carbocycles. The second-order valence-electron chi connectivity index (χ2n) is 19.9. The summed E-state index contributed by atoms with van der Waals surface area (Å²) in [5.41, 5.74) is 0. The molecule has 0 bridgehead atoms. The van der Waals surface area contributed by atoms with E-state index in [4.69, 9.17) is 14.2 Å².